The molecule has 0 saturated heterocycles. The summed E-state index contributed by atoms with van der Waals surface area (Å²) in [7, 11) is -2.52. The van der Waals surface area contributed by atoms with Crippen molar-refractivity contribution < 1.29 is 34.4 Å². The summed E-state index contributed by atoms with van der Waals surface area (Å²) in [6.07, 6.45) is -2.76. The topological polar surface area (TPSA) is 139 Å². The van der Waals surface area contributed by atoms with Gasteiger partial charge in [-0.15, -0.1) is 0 Å². The lowest BCUT2D eigenvalue weighted by molar-refractivity contribution is -0.137. The summed E-state index contributed by atoms with van der Waals surface area (Å²) >= 11 is 0. The van der Waals surface area contributed by atoms with Crippen molar-refractivity contribution in [3.63, 3.8) is 0 Å². The zero-order valence-corrected chi connectivity index (χ0v) is 11.2. The third kappa shape index (κ3) is 7.17. The summed E-state index contributed by atoms with van der Waals surface area (Å²) < 4.78 is 4.60. The molecule has 0 aliphatic carbocycles. The average Bonchev–Trinajstić information content (AvgIpc) is 2.24. The Balaban J connectivity index is 4.16. The molecule has 0 saturated carbocycles. The lowest BCUT2D eigenvalue weighted by atomic mass is 9.86. The Morgan fingerprint density at radius 1 is 1.39 bits per heavy atom. The SMILES string of the molecule is CC(C)(COP(O)O)[C@@H](O)C(O)NCCC(=O)O. The highest BCUT2D eigenvalue weighted by molar-refractivity contribution is 7.39. The van der Waals surface area contributed by atoms with Gasteiger partial charge in [0.25, 0.3) is 0 Å². The molecule has 0 spiro atoms. The summed E-state index contributed by atoms with van der Waals surface area (Å²) in [6, 6.07) is 0. The number of nitrogens with one attached hydrogen (secondary N) is 1. The van der Waals surface area contributed by atoms with Crippen LogP contribution in [0, 0.1) is 5.41 Å². The van der Waals surface area contributed by atoms with Gasteiger partial charge in [0.05, 0.1) is 13.0 Å². The van der Waals surface area contributed by atoms with E-state index in [1.165, 1.54) is 0 Å². The third-order valence-electron chi connectivity index (χ3n) is 2.34. The monoisotopic (exact) mass is 285 g/mol. The summed E-state index contributed by atoms with van der Waals surface area (Å²) in [5.74, 6) is -1.02. The van der Waals surface area contributed by atoms with E-state index >= 15 is 0 Å². The maximum Gasteiger partial charge on any atom is 0.327 e. The third-order valence-corrected chi connectivity index (χ3v) is 2.70. The molecule has 108 valence electrons. The first kappa shape index (κ1) is 17.7. The predicted molar refractivity (Wildman–Crippen MR) is 63.4 cm³/mol. The van der Waals surface area contributed by atoms with Gasteiger partial charge in [-0.3, -0.25) is 10.1 Å². The largest absolute Gasteiger partial charge is 0.481 e. The minimum absolute atomic E-state index is 0.0111. The molecule has 0 amide bonds. The average molecular weight is 285 g/mol. The van der Waals surface area contributed by atoms with Crippen LogP contribution in [-0.2, 0) is 9.32 Å². The van der Waals surface area contributed by atoms with Gasteiger partial charge in [-0.05, 0) is 0 Å². The van der Waals surface area contributed by atoms with E-state index in [-0.39, 0.29) is 19.6 Å². The molecular weight excluding hydrogens is 265 g/mol. The van der Waals surface area contributed by atoms with E-state index in [0.29, 0.717) is 0 Å². The van der Waals surface area contributed by atoms with E-state index in [2.05, 4.69) is 9.84 Å². The quantitative estimate of drug-likeness (QED) is 0.234. The van der Waals surface area contributed by atoms with Gasteiger partial charge in [-0.2, -0.15) is 0 Å². The van der Waals surface area contributed by atoms with Crippen molar-refractivity contribution in [3.8, 4) is 0 Å². The minimum Gasteiger partial charge on any atom is -0.481 e. The Bertz CT molecular complexity index is 261. The molecular formula is C9H20NO7P. The Labute approximate surface area is 106 Å². The number of aliphatic hydroxyl groups is 2. The second kappa shape index (κ2) is 7.96. The van der Waals surface area contributed by atoms with E-state index in [1.807, 2.05) is 0 Å². The first-order valence-corrected chi connectivity index (χ1v) is 6.45. The van der Waals surface area contributed by atoms with E-state index in [0.717, 1.165) is 0 Å². The maximum absolute atomic E-state index is 10.3. The van der Waals surface area contributed by atoms with Crippen molar-refractivity contribution in [1.82, 2.24) is 5.32 Å². The molecule has 0 aromatic carbocycles. The summed E-state index contributed by atoms with van der Waals surface area (Å²) in [5.41, 5.74) is -0.929. The van der Waals surface area contributed by atoms with Crippen molar-refractivity contribution in [2.24, 2.45) is 5.41 Å². The Hall–Kier alpha value is -0.340. The van der Waals surface area contributed by atoms with E-state index in [1.54, 1.807) is 13.8 Å². The molecule has 18 heavy (non-hydrogen) atoms. The normalized spacial score (nSPS) is 15.7. The highest BCUT2D eigenvalue weighted by Crippen LogP contribution is 2.31. The van der Waals surface area contributed by atoms with Crippen LogP contribution in [0.5, 0.6) is 0 Å². The molecule has 0 aromatic rings. The van der Waals surface area contributed by atoms with Crippen LogP contribution < -0.4 is 5.32 Å². The minimum atomic E-state index is -2.52. The van der Waals surface area contributed by atoms with Crippen LogP contribution in [0.1, 0.15) is 20.3 Å². The standard InChI is InChI=1S/C9H20NO7P/c1-9(2,5-17-18(15)16)7(13)8(14)10-4-3-6(11)12/h7-8,10,13-16H,3-5H2,1-2H3,(H,11,12)/t7-,8?/m0/s1. The number of hydrogen-bond donors (Lipinski definition) is 6. The number of aliphatic hydroxyl groups excluding tert-OH is 2. The van der Waals surface area contributed by atoms with Crippen LogP contribution in [0.2, 0.25) is 0 Å². The number of hydrogen-bond acceptors (Lipinski definition) is 7. The number of carbonyl (C=O) groups is 1. The zero-order chi connectivity index (χ0) is 14.3. The van der Waals surface area contributed by atoms with Crippen LogP contribution >= 0.6 is 8.60 Å². The molecule has 0 bridgehead atoms. The van der Waals surface area contributed by atoms with E-state index in [4.69, 9.17) is 14.9 Å². The first-order valence-electron chi connectivity index (χ1n) is 5.29. The molecule has 0 radical (unpaired) electrons. The fraction of sp³-hybridized carbons (Fsp3) is 0.889. The predicted octanol–water partition coefficient (Wildman–Crippen LogP) is -1.02. The molecule has 0 rings (SSSR count). The zero-order valence-electron chi connectivity index (χ0n) is 10.3. The van der Waals surface area contributed by atoms with Crippen molar-refractivity contribution in [1.29, 1.82) is 0 Å². The van der Waals surface area contributed by atoms with Gasteiger partial charge in [-0.25, -0.2) is 0 Å². The van der Waals surface area contributed by atoms with Crippen LogP contribution in [0.3, 0.4) is 0 Å². The summed E-state index contributed by atoms with van der Waals surface area (Å²) in [5, 5.41) is 30.3. The number of aliphatic carboxylic acids is 1. The Kier molecular flexibility index (Phi) is 7.81. The Morgan fingerprint density at radius 3 is 2.39 bits per heavy atom. The molecule has 2 atom stereocenters. The second-order valence-corrected chi connectivity index (χ2v) is 5.27. The number of carboxylic acid groups (broad SMARTS) is 1. The molecule has 6 N–H and O–H groups in total. The first-order chi connectivity index (χ1) is 8.16. The summed E-state index contributed by atoms with van der Waals surface area (Å²) in [4.78, 5) is 27.5. The van der Waals surface area contributed by atoms with Crippen LogP contribution in [0.25, 0.3) is 0 Å². The molecule has 0 aliphatic rings. The molecule has 0 aliphatic heterocycles. The van der Waals surface area contributed by atoms with Crippen LogP contribution in [0.4, 0.5) is 0 Å². The number of carboxylic acids is 1. The van der Waals surface area contributed by atoms with Gasteiger partial charge in [0.1, 0.15) is 12.3 Å². The van der Waals surface area contributed by atoms with E-state index < -0.39 is 32.3 Å². The van der Waals surface area contributed by atoms with Crippen LogP contribution in [-0.4, -0.2) is 56.6 Å². The van der Waals surface area contributed by atoms with Crippen molar-refractivity contribution in [2.45, 2.75) is 32.6 Å². The fourth-order valence-electron chi connectivity index (χ4n) is 1.18. The van der Waals surface area contributed by atoms with Crippen molar-refractivity contribution in [3.05, 3.63) is 0 Å². The second-order valence-electron chi connectivity index (χ2n) is 4.50. The van der Waals surface area contributed by atoms with Gasteiger partial charge in [0.2, 0.25) is 0 Å². The highest BCUT2D eigenvalue weighted by atomic mass is 31.2. The molecule has 8 nitrogen and oxygen atoms in total. The maximum atomic E-state index is 10.3. The van der Waals surface area contributed by atoms with Gasteiger partial charge in [0, 0.05) is 12.0 Å². The lowest BCUT2D eigenvalue weighted by Crippen LogP contribution is -2.49. The molecule has 0 heterocycles. The van der Waals surface area contributed by atoms with Gasteiger partial charge < -0.3 is 29.6 Å². The smallest absolute Gasteiger partial charge is 0.327 e. The molecule has 1 unspecified atom stereocenters. The Morgan fingerprint density at radius 2 is 1.94 bits per heavy atom. The molecule has 9 heteroatoms. The lowest BCUT2D eigenvalue weighted by Gasteiger charge is -2.33. The van der Waals surface area contributed by atoms with Crippen molar-refractivity contribution in [2.75, 3.05) is 13.2 Å². The van der Waals surface area contributed by atoms with Crippen LogP contribution in [0.15, 0.2) is 0 Å². The highest BCUT2D eigenvalue weighted by Gasteiger charge is 2.34. The van der Waals surface area contributed by atoms with E-state index in [9.17, 15) is 15.0 Å². The van der Waals surface area contributed by atoms with Gasteiger partial charge in [0.15, 0.2) is 0 Å². The van der Waals surface area contributed by atoms with Gasteiger partial charge >= 0.3 is 14.6 Å². The van der Waals surface area contributed by atoms with Crippen molar-refractivity contribution >= 4 is 14.6 Å². The number of rotatable bonds is 9. The summed E-state index contributed by atoms with van der Waals surface area (Å²) in [6.45, 7) is 2.99. The van der Waals surface area contributed by atoms with Gasteiger partial charge in [-0.1, -0.05) is 13.8 Å². The fourth-order valence-corrected chi connectivity index (χ4v) is 1.62. The molecule has 0 fully saturated rings. The molecule has 0 aromatic heterocycles.